The van der Waals surface area contributed by atoms with Crippen molar-refractivity contribution < 1.29 is 53.1 Å². The number of carboxylic acid groups (broad SMARTS) is 2. The first-order chi connectivity index (χ1) is 18.1. The standard InChI is InChI=1S/C25H28N2O11/c1-17(28)38-25(34)16-27(15-24(33)35-2)19-8-4-6-10-21(19)37-12-11-36-20-9-5-3-7-18(20)26(13-22(29)30)14-23(31)32/h3-10H,11-16H2,1-2H3,(H,29,30)(H,31,32). The zero-order chi connectivity index (χ0) is 28.1. The Balaban J connectivity index is 2.14. The number of carbonyl (C=O) groups excluding carboxylic acids is 3. The van der Waals surface area contributed by atoms with Crippen molar-refractivity contribution in [1.82, 2.24) is 0 Å². The molecule has 0 unspecified atom stereocenters. The van der Waals surface area contributed by atoms with Gasteiger partial charge in [-0.15, -0.1) is 0 Å². The van der Waals surface area contributed by atoms with Gasteiger partial charge >= 0.3 is 29.8 Å². The van der Waals surface area contributed by atoms with Crippen molar-refractivity contribution in [2.75, 3.05) is 56.3 Å². The van der Waals surface area contributed by atoms with Crippen LogP contribution in [0, 0.1) is 0 Å². The van der Waals surface area contributed by atoms with E-state index in [9.17, 15) is 24.0 Å². The smallest absolute Gasteiger partial charge is 0.333 e. The van der Waals surface area contributed by atoms with E-state index in [1.165, 1.54) is 12.0 Å². The highest BCUT2D eigenvalue weighted by Crippen LogP contribution is 2.30. The quantitative estimate of drug-likeness (QED) is 0.191. The Morgan fingerprint density at radius 1 is 0.684 bits per heavy atom. The van der Waals surface area contributed by atoms with Gasteiger partial charge in [0.05, 0.1) is 18.5 Å². The van der Waals surface area contributed by atoms with Crippen LogP contribution in [0.15, 0.2) is 48.5 Å². The molecule has 38 heavy (non-hydrogen) atoms. The number of nitrogens with zero attached hydrogens (tertiary/aromatic N) is 2. The average molecular weight is 533 g/mol. The van der Waals surface area contributed by atoms with Crippen LogP contribution in [0.25, 0.3) is 0 Å². The normalized spacial score (nSPS) is 10.2. The second-order valence-corrected chi connectivity index (χ2v) is 7.67. The van der Waals surface area contributed by atoms with Crippen LogP contribution in [0.1, 0.15) is 6.92 Å². The lowest BCUT2D eigenvalue weighted by atomic mass is 10.2. The minimum Gasteiger partial charge on any atom is -0.488 e. The first-order valence-electron chi connectivity index (χ1n) is 11.3. The number of anilines is 2. The van der Waals surface area contributed by atoms with E-state index < -0.39 is 49.5 Å². The van der Waals surface area contributed by atoms with Crippen molar-refractivity contribution in [3.05, 3.63) is 48.5 Å². The molecule has 0 saturated carbocycles. The number of carboxylic acids is 2. The average Bonchev–Trinajstić information content (AvgIpc) is 2.85. The van der Waals surface area contributed by atoms with Crippen LogP contribution in [-0.2, 0) is 33.4 Å². The second-order valence-electron chi connectivity index (χ2n) is 7.67. The third-order valence-corrected chi connectivity index (χ3v) is 4.79. The van der Waals surface area contributed by atoms with E-state index in [4.69, 9.17) is 24.4 Å². The van der Waals surface area contributed by atoms with Crippen LogP contribution < -0.4 is 19.3 Å². The molecule has 2 N–H and O–H groups in total. The monoisotopic (exact) mass is 532 g/mol. The molecule has 13 heteroatoms. The Kier molecular flexibility index (Phi) is 11.4. The first-order valence-corrected chi connectivity index (χ1v) is 11.3. The van der Waals surface area contributed by atoms with Crippen molar-refractivity contribution in [2.24, 2.45) is 0 Å². The van der Waals surface area contributed by atoms with Gasteiger partial charge in [0.1, 0.15) is 50.9 Å². The number of hydrogen-bond acceptors (Lipinski definition) is 11. The summed E-state index contributed by atoms with van der Waals surface area (Å²) in [4.78, 5) is 60.0. The third kappa shape index (κ3) is 9.68. The van der Waals surface area contributed by atoms with Gasteiger partial charge in [-0.05, 0) is 24.3 Å². The topological polar surface area (TPSA) is 169 Å². The molecule has 0 aliphatic rings. The van der Waals surface area contributed by atoms with E-state index in [0.717, 1.165) is 11.8 Å². The van der Waals surface area contributed by atoms with Gasteiger partial charge < -0.3 is 39.0 Å². The molecule has 0 bridgehead atoms. The first kappa shape index (κ1) is 29.4. The summed E-state index contributed by atoms with van der Waals surface area (Å²) in [6, 6.07) is 12.9. The molecule has 0 saturated heterocycles. The minimum absolute atomic E-state index is 0.00678. The van der Waals surface area contributed by atoms with E-state index >= 15 is 0 Å². The fourth-order valence-corrected chi connectivity index (χ4v) is 3.33. The number of methoxy groups -OCH3 is 1. The van der Waals surface area contributed by atoms with E-state index in [2.05, 4.69) is 4.74 Å². The number of rotatable bonds is 15. The van der Waals surface area contributed by atoms with E-state index in [-0.39, 0.29) is 31.2 Å². The maximum atomic E-state index is 12.1. The van der Waals surface area contributed by atoms with Gasteiger partial charge in [-0.3, -0.25) is 19.2 Å². The molecule has 0 radical (unpaired) electrons. The van der Waals surface area contributed by atoms with Gasteiger partial charge in [0.2, 0.25) is 0 Å². The van der Waals surface area contributed by atoms with Crippen molar-refractivity contribution in [3.8, 4) is 11.5 Å². The highest BCUT2D eigenvalue weighted by molar-refractivity contribution is 5.88. The fourth-order valence-electron chi connectivity index (χ4n) is 3.33. The van der Waals surface area contributed by atoms with Crippen molar-refractivity contribution in [1.29, 1.82) is 0 Å². The molecule has 13 nitrogen and oxygen atoms in total. The van der Waals surface area contributed by atoms with Gasteiger partial charge in [0.15, 0.2) is 0 Å². The summed E-state index contributed by atoms with van der Waals surface area (Å²) in [5, 5.41) is 18.3. The predicted octanol–water partition coefficient (Wildman–Crippen LogP) is 1.19. The van der Waals surface area contributed by atoms with Gasteiger partial charge in [0, 0.05) is 6.92 Å². The van der Waals surface area contributed by atoms with E-state index in [0.29, 0.717) is 11.4 Å². The molecule has 0 aliphatic carbocycles. The predicted molar refractivity (Wildman–Crippen MR) is 132 cm³/mol. The summed E-state index contributed by atoms with van der Waals surface area (Å²) in [5.41, 5.74) is 0.638. The highest BCUT2D eigenvalue weighted by Gasteiger charge is 2.21. The Bertz CT molecular complexity index is 1140. The van der Waals surface area contributed by atoms with Crippen LogP contribution in [-0.4, -0.2) is 86.6 Å². The maximum absolute atomic E-state index is 12.1. The lowest BCUT2D eigenvalue weighted by Gasteiger charge is -2.25. The van der Waals surface area contributed by atoms with Crippen LogP contribution >= 0.6 is 0 Å². The van der Waals surface area contributed by atoms with Crippen molar-refractivity contribution in [2.45, 2.75) is 6.92 Å². The molecule has 0 atom stereocenters. The number of carbonyl (C=O) groups is 5. The molecular formula is C25H28N2O11. The molecule has 0 aliphatic heterocycles. The van der Waals surface area contributed by atoms with Gasteiger partial charge in [-0.2, -0.15) is 0 Å². The zero-order valence-electron chi connectivity index (χ0n) is 20.8. The zero-order valence-corrected chi connectivity index (χ0v) is 20.8. The van der Waals surface area contributed by atoms with Crippen LogP contribution in [0.4, 0.5) is 11.4 Å². The Morgan fingerprint density at radius 3 is 1.53 bits per heavy atom. The lowest BCUT2D eigenvalue weighted by molar-refractivity contribution is -0.157. The number of ether oxygens (including phenoxy) is 4. The summed E-state index contributed by atoms with van der Waals surface area (Å²) in [6.07, 6.45) is 0. The fraction of sp³-hybridized carbons (Fsp3) is 0.320. The van der Waals surface area contributed by atoms with E-state index in [1.807, 2.05) is 0 Å². The van der Waals surface area contributed by atoms with Crippen LogP contribution in [0.2, 0.25) is 0 Å². The number of hydrogen-bond donors (Lipinski definition) is 2. The minimum atomic E-state index is -1.20. The highest BCUT2D eigenvalue weighted by atomic mass is 16.6. The third-order valence-electron chi connectivity index (χ3n) is 4.79. The Labute approximate surface area is 218 Å². The van der Waals surface area contributed by atoms with Crippen molar-refractivity contribution >= 4 is 41.2 Å². The molecule has 0 aromatic heterocycles. The Hall–Kier alpha value is -4.81. The van der Waals surface area contributed by atoms with Crippen LogP contribution in [0.3, 0.4) is 0 Å². The maximum Gasteiger partial charge on any atom is 0.333 e. The number of para-hydroxylation sites is 4. The lowest BCUT2D eigenvalue weighted by Crippen LogP contribution is -2.36. The summed E-state index contributed by atoms with van der Waals surface area (Å²) >= 11 is 0. The summed E-state index contributed by atoms with van der Waals surface area (Å²) in [6.45, 7) is -0.772. The summed E-state index contributed by atoms with van der Waals surface area (Å²) < 4.78 is 20.8. The number of esters is 3. The molecule has 0 spiro atoms. The largest absolute Gasteiger partial charge is 0.488 e. The summed E-state index contributed by atoms with van der Waals surface area (Å²) in [7, 11) is 1.19. The van der Waals surface area contributed by atoms with Gasteiger partial charge in [0.25, 0.3) is 0 Å². The summed E-state index contributed by atoms with van der Waals surface area (Å²) in [5.74, 6) is -4.16. The molecule has 2 rings (SSSR count). The molecule has 0 fully saturated rings. The molecule has 2 aromatic carbocycles. The molecular weight excluding hydrogens is 504 g/mol. The number of benzene rings is 2. The molecule has 0 amide bonds. The van der Waals surface area contributed by atoms with Crippen LogP contribution in [0.5, 0.6) is 11.5 Å². The molecule has 204 valence electrons. The Morgan fingerprint density at radius 2 is 1.11 bits per heavy atom. The SMILES string of the molecule is COC(=O)CN(CC(=O)OC(C)=O)c1ccccc1OCCOc1ccccc1N(CC(=O)O)CC(=O)O. The van der Waals surface area contributed by atoms with Crippen molar-refractivity contribution in [3.63, 3.8) is 0 Å². The molecule has 0 heterocycles. The molecule has 2 aromatic rings. The second kappa shape index (κ2) is 14.7. The number of aliphatic carboxylic acids is 2. The van der Waals surface area contributed by atoms with E-state index in [1.54, 1.807) is 48.5 Å². The van der Waals surface area contributed by atoms with Gasteiger partial charge in [-0.1, -0.05) is 24.3 Å². The van der Waals surface area contributed by atoms with Gasteiger partial charge in [-0.25, -0.2) is 4.79 Å².